The van der Waals surface area contributed by atoms with Gasteiger partial charge in [-0.05, 0) is 19.3 Å². The summed E-state index contributed by atoms with van der Waals surface area (Å²) < 4.78 is 11.3. The van der Waals surface area contributed by atoms with Crippen molar-refractivity contribution in [3.63, 3.8) is 0 Å². The van der Waals surface area contributed by atoms with Crippen LogP contribution in [0.4, 0.5) is 0 Å². The van der Waals surface area contributed by atoms with Gasteiger partial charge in [0, 0.05) is 6.61 Å². The Bertz CT molecular complexity index is 346. The number of hydrogen-bond donors (Lipinski definition) is 1. The summed E-state index contributed by atoms with van der Waals surface area (Å²) >= 11 is 0. The Morgan fingerprint density at radius 1 is 0.600 bits per heavy atom. The molecule has 4 nitrogen and oxygen atoms in total. The van der Waals surface area contributed by atoms with E-state index in [0.717, 1.165) is 19.3 Å². The maximum absolute atomic E-state index is 10.8. The average molecular weight is 429 g/mol. The fraction of sp³-hybridized carbons (Fsp3) is 0.962. The summed E-state index contributed by atoms with van der Waals surface area (Å²) in [6.45, 7) is 4.91. The molecule has 0 aliphatic carbocycles. The Hall–Kier alpha value is -0.610. The Balaban J connectivity index is 3.59. The lowest BCUT2D eigenvalue weighted by Crippen LogP contribution is -2.22. The molecule has 30 heavy (non-hydrogen) atoms. The highest BCUT2D eigenvalue weighted by Gasteiger charge is 2.11. The first-order valence-corrected chi connectivity index (χ1v) is 13.2. The molecule has 0 saturated heterocycles. The van der Waals surface area contributed by atoms with Crippen LogP contribution in [-0.2, 0) is 14.3 Å². The number of carbonyl (C=O) groups is 1. The number of ether oxygens (including phenoxy) is 2. The van der Waals surface area contributed by atoms with Crippen LogP contribution in [0.15, 0.2) is 0 Å². The van der Waals surface area contributed by atoms with Crippen LogP contribution in [0.25, 0.3) is 0 Å². The third kappa shape index (κ3) is 23.7. The Morgan fingerprint density at radius 3 is 1.43 bits per heavy atom. The van der Waals surface area contributed by atoms with E-state index in [1.807, 2.05) is 0 Å². The zero-order chi connectivity index (χ0) is 22.1. The third-order valence-electron chi connectivity index (χ3n) is 5.74. The van der Waals surface area contributed by atoms with E-state index in [4.69, 9.17) is 14.6 Å². The molecule has 0 fully saturated rings. The maximum Gasteiger partial charge on any atom is 0.329 e. The van der Waals surface area contributed by atoms with Gasteiger partial charge in [0.1, 0.15) is 6.61 Å². The normalized spacial score (nSPS) is 12.3. The van der Waals surface area contributed by atoms with Gasteiger partial charge in [0.15, 0.2) is 6.29 Å². The van der Waals surface area contributed by atoms with Crippen LogP contribution in [0, 0.1) is 0 Å². The molecule has 0 heterocycles. The number of carboxylic acid groups (broad SMARTS) is 1. The largest absolute Gasteiger partial charge is 0.480 e. The van der Waals surface area contributed by atoms with E-state index in [0.29, 0.717) is 6.61 Å². The van der Waals surface area contributed by atoms with Crippen molar-refractivity contribution in [3.8, 4) is 0 Å². The molecule has 0 aliphatic heterocycles. The molecule has 0 bridgehead atoms. The van der Waals surface area contributed by atoms with Gasteiger partial charge in [-0.25, -0.2) is 4.79 Å². The molecule has 4 heteroatoms. The van der Waals surface area contributed by atoms with E-state index in [-0.39, 0.29) is 12.9 Å². The predicted molar refractivity (Wildman–Crippen MR) is 127 cm³/mol. The molecule has 0 aromatic heterocycles. The standard InChI is InChI=1S/C26H52O4/c1-3-5-7-9-11-12-13-14-15-16-17-18-20-22-26(30-24-25(27)28)29-23-21-19-10-8-6-4-2/h26H,3-24H2,1-2H3,(H,27,28). The smallest absolute Gasteiger partial charge is 0.329 e. The van der Waals surface area contributed by atoms with Gasteiger partial charge in [0.05, 0.1) is 0 Å². The quantitative estimate of drug-likeness (QED) is 0.117. The van der Waals surface area contributed by atoms with Gasteiger partial charge >= 0.3 is 5.97 Å². The molecule has 180 valence electrons. The zero-order valence-electron chi connectivity index (χ0n) is 20.3. The van der Waals surface area contributed by atoms with Gasteiger partial charge in [-0.1, -0.05) is 123 Å². The van der Waals surface area contributed by atoms with Crippen LogP contribution in [0.3, 0.4) is 0 Å². The molecule has 0 aliphatic rings. The zero-order valence-corrected chi connectivity index (χ0v) is 20.3. The number of rotatable bonds is 25. The second kappa shape index (κ2) is 24.7. The highest BCUT2D eigenvalue weighted by atomic mass is 16.7. The number of unbranched alkanes of at least 4 members (excludes halogenated alkanes) is 17. The summed E-state index contributed by atoms with van der Waals surface area (Å²) in [6, 6.07) is 0. The molecule has 0 rings (SSSR count). The number of aliphatic carboxylic acids is 1. The number of hydrogen-bond acceptors (Lipinski definition) is 3. The lowest BCUT2D eigenvalue weighted by Gasteiger charge is -2.17. The molecule has 0 saturated carbocycles. The van der Waals surface area contributed by atoms with Crippen molar-refractivity contribution in [1.29, 1.82) is 0 Å². The van der Waals surface area contributed by atoms with Crippen molar-refractivity contribution in [3.05, 3.63) is 0 Å². The maximum atomic E-state index is 10.8. The fourth-order valence-electron chi connectivity index (χ4n) is 3.80. The van der Waals surface area contributed by atoms with Crippen LogP contribution < -0.4 is 0 Å². The minimum absolute atomic E-state index is 0.264. The first kappa shape index (κ1) is 29.4. The van der Waals surface area contributed by atoms with Crippen molar-refractivity contribution in [2.24, 2.45) is 0 Å². The van der Waals surface area contributed by atoms with Crippen molar-refractivity contribution in [2.75, 3.05) is 13.2 Å². The Labute approximate surface area is 187 Å². The van der Waals surface area contributed by atoms with Crippen molar-refractivity contribution in [1.82, 2.24) is 0 Å². The Morgan fingerprint density at radius 2 is 1.00 bits per heavy atom. The fourth-order valence-corrected chi connectivity index (χ4v) is 3.80. The molecule has 1 atom stereocenters. The van der Waals surface area contributed by atoms with E-state index in [1.54, 1.807) is 0 Å². The van der Waals surface area contributed by atoms with E-state index >= 15 is 0 Å². The summed E-state index contributed by atoms with van der Waals surface area (Å²) in [6.07, 6.45) is 25.1. The summed E-state index contributed by atoms with van der Waals surface area (Å²) in [5, 5.41) is 8.86. The second-order valence-corrected chi connectivity index (χ2v) is 8.80. The minimum atomic E-state index is -0.923. The topological polar surface area (TPSA) is 55.8 Å². The molecule has 1 unspecified atom stereocenters. The van der Waals surface area contributed by atoms with Crippen molar-refractivity contribution >= 4 is 5.97 Å². The number of carboxylic acids is 1. The van der Waals surface area contributed by atoms with Crippen LogP contribution in [0.2, 0.25) is 0 Å². The highest BCUT2D eigenvalue weighted by molar-refractivity contribution is 5.67. The first-order valence-electron chi connectivity index (χ1n) is 13.2. The van der Waals surface area contributed by atoms with Crippen LogP contribution in [-0.4, -0.2) is 30.6 Å². The van der Waals surface area contributed by atoms with Crippen LogP contribution in [0.1, 0.15) is 142 Å². The predicted octanol–water partition coefficient (Wildman–Crippen LogP) is 8.27. The van der Waals surface area contributed by atoms with Gasteiger partial charge in [-0.2, -0.15) is 0 Å². The van der Waals surface area contributed by atoms with Gasteiger partial charge in [0.2, 0.25) is 0 Å². The third-order valence-corrected chi connectivity index (χ3v) is 5.74. The monoisotopic (exact) mass is 428 g/mol. The highest BCUT2D eigenvalue weighted by Crippen LogP contribution is 2.15. The van der Waals surface area contributed by atoms with Crippen LogP contribution >= 0.6 is 0 Å². The van der Waals surface area contributed by atoms with Gasteiger partial charge in [-0.15, -0.1) is 0 Å². The lowest BCUT2D eigenvalue weighted by molar-refractivity contribution is -0.170. The summed E-state index contributed by atoms with van der Waals surface area (Å²) in [5.74, 6) is -0.923. The van der Waals surface area contributed by atoms with E-state index in [9.17, 15) is 4.79 Å². The van der Waals surface area contributed by atoms with Crippen molar-refractivity contribution < 1.29 is 19.4 Å². The molecule has 0 aromatic carbocycles. The summed E-state index contributed by atoms with van der Waals surface area (Å²) in [5.41, 5.74) is 0. The van der Waals surface area contributed by atoms with E-state index in [2.05, 4.69) is 13.8 Å². The Kier molecular flexibility index (Phi) is 24.2. The molecular weight excluding hydrogens is 376 g/mol. The molecule has 0 radical (unpaired) electrons. The van der Waals surface area contributed by atoms with Crippen molar-refractivity contribution in [2.45, 2.75) is 149 Å². The van der Waals surface area contributed by atoms with Gasteiger partial charge < -0.3 is 14.6 Å². The van der Waals surface area contributed by atoms with Gasteiger partial charge in [0.25, 0.3) is 0 Å². The van der Waals surface area contributed by atoms with E-state index in [1.165, 1.54) is 109 Å². The molecule has 0 aromatic rings. The molecule has 1 N–H and O–H groups in total. The second-order valence-electron chi connectivity index (χ2n) is 8.80. The summed E-state index contributed by atoms with van der Waals surface area (Å²) in [4.78, 5) is 10.8. The minimum Gasteiger partial charge on any atom is -0.480 e. The molecular formula is C26H52O4. The van der Waals surface area contributed by atoms with Crippen LogP contribution in [0.5, 0.6) is 0 Å². The molecule has 0 amide bonds. The lowest BCUT2D eigenvalue weighted by atomic mass is 10.0. The SMILES string of the molecule is CCCCCCCCCCCCCCCC(OCCCCCCCC)OCC(=O)O. The van der Waals surface area contributed by atoms with Gasteiger partial charge in [-0.3, -0.25) is 0 Å². The molecule has 0 spiro atoms. The van der Waals surface area contributed by atoms with E-state index < -0.39 is 5.97 Å². The summed E-state index contributed by atoms with van der Waals surface area (Å²) in [7, 11) is 0. The first-order chi connectivity index (χ1) is 14.7. The average Bonchev–Trinajstić information content (AvgIpc) is 2.73.